The van der Waals surface area contributed by atoms with Gasteiger partial charge in [0.05, 0.1) is 0 Å². The van der Waals surface area contributed by atoms with Gasteiger partial charge < -0.3 is 14.7 Å². The molecule has 7 heteroatoms. The Labute approximate surface area is 149 Å². The van der Waals surface area contributed by atoms with Crippen LogP contribution in [-0.2, 0) is 9.59 Å². The second kappa shape index (κ2) is 8.29. The highest BCUT2D eigenvalue weighted by molar-refractivity contribution is 5.76. The van der Waals surface area contributed by atoms with Gasteiger partial charge in [-0.3, -0.25) is 14.5 Å². The highest BCUT2D eigenvalue weighted by atomic mass is 16.2. The fourth-order valence-corrected chi connectivity index (χ4v) is 3.42. The molecule has 0 aliphatic carbocycles. The molecule has 136 valence electrons. The topological polar surface area (TPSA) is 60.0 Å². The van der Waals surface area contributed by atoms with Gasteiger partial charge in [-0.1, -0.05) is 6.07 Å². The lowest BCUT2D eigenvalue weighted by Crippen LogP contribution is -2.51. The molecule has 2 aliphatic rings. The van der Waals surface area contributed by atoms with Crippen LogP contribution in [-0.4, -0.2) is 90.4 Å². The van der Waals surface area contributed by atoms with Gasteiger partial charge in [-0.15, -0.1) is 0 Å². The lowest BCUT2D eigenvalue weighted by molar-refractivity contribution is -0.133. The van der Waals surface area contributed by atoms with Crippen molar-refractivity contribution in [2.45, 2.75) is 13.3 Å². The van der Waals surface area contributed by atoms with E-state index in [1.807, 2.05) is 28.0 Å². The summed E-state index contributed by atoms with van der Waals surface area (Å²) in [5.41, 5.74) is 0. The number of pyridine rings is 1. The molecule has 7 nitrogen and oxygen atoms in total. The molecule has 0 atom stereocenters. The molecule has 25 heavy (non-hydrogen) atoms. The van der Waals surface area contributed by atoms with Crippen molar-refractivity contribution in [2.24, 2.45) is 0 Å². The lowest BCUT2D eigenvalue weighted by Gasteiger charge is -2.37. The summed E-state index contributed by atoms with van der Waals surface area (Å²) >= 11 is 0. The van der Waals surface area contributed by atoms with Crippen LogP contribution in [0.15, 0.2) is 24.4 Å². The fraction of sp³-hybridized carbons (Fsp3) is 0.611. The van der Waals surface area contributed by atoms with E-state index in [-0.39, 0.29) is 11.8 Å². The van der Waals surface area contributed by atoms with E-state index in [1.165, 1.54) is 0 Å². The molecule has 2 saturated heterocycles. The number of amides is 2. The van der Waals surface area contributed by atoms with Crippen molar-refractivity contribution in [3.8, 4) is 0 Å². The first-order valence-electron chi connectivity index (χ1n) is 9.05. The number of carbonyl (C=O) groups excluding carboxylic acids is 2. The molecule has 0 N–H and O–H groups in total. The van der Waals surface area contributed by atoms with Gasteiger partial charge in [-0.05, 0) is 12.1 Å². The Balaban J connectivity index is 1.38. The zero-order valence-electron chi connectivity index (χ0n) is 14.9. The van der Waals surface area contributed by atoms with Gasteiger partial charge in [0.15, 0.2) is 0 Å². The number of piperazine rings is 2. The third-order valence-electron chi connectivity index (χ3n) is 5.07. The van der Waals surface area contributed by atoms with Gasteiger partial charge in [-0.2, -0.15) is 0 Å². The Morgan fingerprint density at radius 3 is 2.24 bits per heavy atom. The highest BCUT2D eigenvalue weighted by Crippen LogP contribution is 2.13. The monoisotopic (exact) mass is 345 g/mol. The molecule has 0 radical (unpaired) electrons. The smallest absolute Gasteiger partial charge is 0.223 e. The van der Waals surface area contributed by atoms with Crippen LogP contribution in [0.5, 0.6) is 0 Å². The quantitative estimate of drug-likeness (QED) is 0.785. The van der Waals surface area contributed by atoms with Crippen molar-refractivity contribution >= 4 is 17.6 Å². The van der Waals surface area contributed by atoms with Gasteiger partial charge in [0.25, 0.3) is 0 Å². The predicted molar refractivity (Wildman–Crippen MR) is 96.3 cm³/mol. The molecule has 2 amide bonds. The molecular formula is C18H27N5O2. The Kier molecular flexibility index (Phi) is 5.86. The van der Waals surface area contributed by atoms with Crippen molar-refractivity contribution in [1.29, 1.82) is 0 Å². The van der Waals surface area contributed by atoms with Gasteiger partial charge >= 0.3 is 0 Å². The number of carbonyl (C=O) groups is 2. The first kappa shape index (κ1) is 17.7. The maximum absolute atomic E-state index is 12.5. The van der Waals surface area contributed by atoms with E-state index < -0.39 is 0 Å². The number of aromatic nitrogens is 1. The molecule has 3 rings (SSSR count). The van der Waals surface area contributed by atoms with Crippen LogP contribution in [0.4, 0.5) is 5.82 Å². The van der Waals surface area contributed by atoms with Crippen molar-refractivity contribution in [2.75, 3.05) is 63.8 Å². The van der Waals surface area contributed by atoms with Crippen LogP contribution in [0.25, 0.3) is 0 Å². The maximum Gasteiger partial charge on any atom is 0.223 e. The van der Waals surface area contributed by atoms with Crippen LogP contribution in [0, 0.1) is 0 Å². The maximum atomic E-state index is 12.5. The zero-order valence-corrected chi connectivity index (χ0v) is 14.9. The van der Waals surface area contributed by atoms with Crippen molar-refractivity contribution in [3.05, 3.63) is 24.4 Å². The van der Waals surface area contributed by atoms with E-state index in [1.54, 1.807) is 13.1 Å². The number of hydrogen-bond donors (Lipinski definition) is 0. The molecule has 0 spiro atoms. The normalized spacial score (nSPS) is 19.2. The third-order valence-corrected chi connectivity index (χ3v) is 5.07. The molecule has 0 saturated carbocycles. The minimum absolute atomic E-state index is 0.140. The van der Waals surface area contributed by atoms with E-state index in [0.717, 1.165) is 64.7 Å². The largest absolute Gasteiger partial charge is 0.353 e. The van der Waals surface area contributed by atoms with E-state index >= 15 is 0 Å². The van der Waals surface area contributed by atoms with Gasteiger partial charge in [0.2, 0.25) is 11.8 Å². The van der Waals surface area contributed by atoms with Gasteiger partial charge in [-0.25, -0.2) is 4.98 Å². The minimum Gasteiger partial charge on any atom is -0.353 e. The Morgan fingerprint density at radius 2 is 1.64 bits per heavy atom. The number of nitrogens with zero attached hydrogens (tertiary/aromatic N) is 5. The second-order valence-electron chi connectivity index (χ2n) is 6.65. The van der Waals surface area contributed by atoms with Crippen LogP contribution in [0.2, 0.25) is 0 Å². The van der Waals surface area contributed by atoms with Crippen molar-refractivity contribution in [3.63, 3.8) is 0 Å². The van der Waals surface area contributed by atoms with Crippen LogP contribution in [0.1, 0.15) is 13.3 Å². The lowest BCUT2D eigenvalue weighted by atomic mass is 10.2. The van der Waals surface area contributed by atoms with Crippen molar-refractivity contribution in [1.82, 2.24) is 19.7 Å². The third kappa shape index (κ3) is 4.69. The molecule has 3 heterocycles. The summed E-state index contributed by atoms with van der Waals surface area (Å²) in [5.74, 6) is 1.36. The summed E-state index contributed by atoms with van der Waals surface area (Å²) in [6.07, 6.45) is 2.36. The predicted octanol–water partition coefficient (Wildman–Crippen LogP) is 0.284. The molecule has 0 bridgehead atoms. The summed E-state index contributed by atoms with van der Waals surface area (Å²) in [7, 11) is 0. The SMILES string of the molecule is CC(=O)N1CCN(CCC(=O)N2CCN(c3ccccn3)CC2)CC1. The van der Waals surface area contributed by atoms with Gasteiger partial charge in [0.1, 0.15) is 5.82 Å². The molecule has 0 unspecified atom stereocenters. The number of hydrogen-bond acceptors (Lipinski definition) is 5. The molecular weight excluding hydrogens is 318 g/mol. The Hall–Kier alpha value is -2.15. The van der Waals surface area contributed by atoms with Gasteiger partial charge in [0, 0.05) is 78.4 Å². The van der Waals surface area contributed by atoms with Crippen LogP contribution >= 0.6 is 0 Å². The van der Waals surface area contributed by atoms with Crippen LogP contribution in [0.3, 0.4) is 0 Å². The Morgan fingerprint density at radius 1 is 0.960 bits per heavy atom. The summed E-state index contributed by atoms with van der Waals surface area (Å²) in [4.78, 5) is 36.5. The van der Waals surface area contributed by atoms with E-state index in [4.69, 9.17) is 0 Å². The number of anilines is 1. The average Bonchev–Trinajstić information content (AvgIpc) is 2.67. The highest BCUT2D eigenvalue weighted by Gasteiger charge is 2.23. The molecule has 0 aromatic carbocycles. The zero-order chi connectivity index (χ0) is 17.6. The van der Waals surface area contributed by atoms with E-state index in [2.05, 4.69) is 14.8 Å². The first-order valence-corrected chi connectivity index (χ1v) is 9.05. The van der Waals surface area contributed by atoms with E-state index in [9.17, 15) is 9.59 Å². The summed E-state index contributed by atoms with van der Waals surface area (Å²) in [5, 5.41) is 0. The Bertz CT molecular complexity index is 578. The summed E-state index contributed by atoms with van der Waals surface area (Å²) in [6, 6.07) is 5.92. The van der Waals surface area contributed by atoms with Crippen LogP contribution < -0.4 is 4.90 Å². The summed E-state index contributed by atoms with van der Waals surface area (Å²) < 4.78 is 0. The van der Waals surface area contributed by atoms with Crippen molar-refractivity contribution < 1.29 is 9.59 Å². The molecule has 1 aromatic heterocycles. The molecule has 2 fully saturated rings. The summed E-state index contributed by atoms with van der Waals surface area (Å²) in [6.45, 7) is 8.84. The fourth-order valence-electron chi connectivity index (χ4n) is 3.42. The molecule has 2 aliphatic heterocycles. The minimum atomic E-state index is 0.140. The number of rotatable bonds is 4. The average molecular weight is 345 g/mol. The standard InChI is InChI=1S/C18H27N5O2/c1-16(24)21-10-8-20(9-11-21)7-5-18(25)23-14-12-22(13-15-23)17-4-2-3-6-19-17/h2-4,6H,5,7-15H2,1H3. The first-order chi connectivity index (χ1) is 12.1. The van der Waals surface area contributed by atoms with E-state index in [0.29, 0.717) is 6.42 Å². The molecule has 1 aromatic rings. The second-order valence-corrected chi connectivity index (χ2v) is 6.65.